The van der Waals surface area contributed by atoms with E-state index < -0.39 is 0 Å². The summed E-state index contributed by atoms with van der Waals surface area (Å²) >= 11 is 6.23. The van der Waals surface area contributed by atoms with Crippen molar-refractivity contribution in [3.63, 3.8) is 0 Å². The van der Waals surface area contributed by atoms with Gasteiger partial charge in [0.15, 0.2) is 5.75 Å². The number of nitrogens with zero attached hydrogens (tertiary/aromatic N) is 2. The second-order valence-electron chi connectivity index (χ2n) is 8.22. The molecule has 0 aliphatic carbocycles. The van der Waals surface area contributed by atoms with Gasteiger partial charge < -0.3 is 20.3 Å². The van der Waals surface area contributed by atoms with Crippen molar-refractivity contribution in [3.05, 3.63) is 63.2 Å². The second-order valence-corrected chi connectivity index (χ2v) is 8.63. The fourth-order valence-corrected chi connectivity index (χ4v) is 4.10. The van der Waals surface area contributed by atoms with Crippen molar-refractivity contribution < 1.29 is 5.11 Å². The monoisotopic (exact) mass is 456 g/mol. The first-order chi connectivity index (χ1) is 15.5. The van der Waals surface area contributed by atoms with Gasteiger partial charge in [-0.05, 0) is 38.4 Å². The number of nitrogens with one attached hydrogen (secondary N) is 2. The number of halogens is 1. The maximum Gasteiger partial charge on any atom is 0.223 e. The van der Waals surface area contributed by atoms with Crippen LogP contribution in [0.5, 0.6) is 5.75 Å². The Bertz CT molecular complexity index is 1100. The van der Waals surface area contributed by atoms with Crippen LogP contribution < -0.4 is 16.1 Å². The van der Waals surface area contributed by atoms with E-state index in [1.165, 1.54) is 31.7 Å². The summed E-state index contributed by atoms with van der Waals surface area (Å²) in [5.74, 6) is -0.151. The number of anilines is 1. The van der Waals surface area contributed by atoms with Crippen LogP contribution in [0.15, 0.2) is 41.3 Å². The summed E-state index contributed by atoms with van der Waals surface area (Å²) in [5, 5.41) is 18.6. The van der Waals surface area contributed by atoms with Crippen LogP contribution in [-0.4, -0.2) is 27.7 Å². The van der Waals surface area contributed by atoms with Gasteiger partial charge in [-0.15, -0.1) is 0 Å². The second kappa shape index (κ2) is 11.9. The Morgan fingerprint density at radius 2 is 1.78 bits per heavy atom. The molecule has 0 unspecified atom stereocenters. The van der Waals surface area contributed by atoms with Crippen molar-refractivity contribution in [3.8, 4) is 5.75 Å². The van der Waals surface area contributed by atoms with Gasteiger partial charge in [-0.2, -0.15) is 0 Å². The molecule has 7 heteroatoms. The maximum atomic E-state index is 11.7. The fourth-order valence-electron chi connectivity index (χ4n) is 3.88. The molecule has 0 atom stereocenters. The third-order valence-corrected chi connectivity index (χ3v) is 6.20. The molecule has 0 fully saturated rings. The molecule has 3 aromatic rings. The van der Waals surface area contributed by atoms with E-state index in [0.717, 1.165) is 48.2 Å². The van der Waals surface area contributed by atoms with Crippen LogP contribution in [-0.2, 0) is 13.6 Å². The van der Waals surface area contributed by atoms with Crippen LogP contribution in [0.25, 0.3) is 10.9 Å². The number of aryl methyl sites for hydroxylation is 1. The van der Waals surface area contributed by atoms with Gasteiger partial charge in [0.2, 0.25) is 5.43 Å². The number of aromatic nitrogens is 2. The molecule has 172 valence electrons. The van der Waals surface area contributed by atoms with E-state index in [-0.39, 0.29) is 11.2 Å². The van der Waals surface area contributed by atoms with Gasteiger partial charge in [0, 0.05) is 49.2 Å². The largest absolute Gasteiger partial charge is 0.503 e. The van der Waals surface area contributed by atoms with Crippen LogP contribution >= 0.6 is 11.6 Å². The summed E-state index contributed by atoms with van der Waals surface area (Å²) in [6.45, 7) is 4.18. The van der Waals surface area contributed by atoms with Gasteiger partial charge in [-0.1, -0.05) is 49.4 Å². The SMILES string of the molecule is Cc1cc(=O)c(O)c(CNCCCCCCCCNc2ccnc3c(Cl)cccc23)n1C. The number of rotatable bonds is 12. The number of hydrogen-bond acceptors (Lipinski definition) is 5. The number of hydrogen-bond donors (Lipinski definition) is 3. The molecule has 2 aromatic heterocycles. The molecule has 0 spiro atoms. The van der Waals surface area contributed by atoms with E-state index in [2.05, 4.69) is 15.6 Å². The molecule has 0 saturated heterocycles. The number of pyridine rings is 2. The Hall–Kier alpha value is -2.57. The number of para-hydroxylation sites is 1. The van der Waals surface area contributed by atoms with Crippen molar-refractivity contribution in [1.82, 2.24) is 14.9 Å². The van der Waals surface area contributed by atoms with Crippen LogP contribution in [0, 0.1) is 6.92 Å². The first-order valence-corrected chi connectivity index (χ1v) is 11.7. The molecule has 3 N–H and O–H groups in total. The van der Waals surface area contributed by atoms with Crippen molar-refractivity contribution in [2.24, 2.45) is 7.05 Å². The molecular formula is C25H33ClN4O2. The zero-order chi connectivity index (χ0) is 22.9. The first-order valence-electron chi connectivity index (χ1n) is 11.4. The minimum atomic E-state index is -0.312. The number of unbranched alkanes of at least 4 members (excludes halogenated alkanes) is 5. The standard InChI is InChI=1S/C25H33ClN4O2/c1-18-16-23(31)25(32)22(30(18)2)17-27-13-7-5-3-4-6-8-14-28-21-12-15-29-24-19(21)10-9-11-20(24)26/h9-12,15-16,27,32H,3-8,13-14,17H2,1-2H3,(H,28,29). The average molecular weight is 457 g/mol. The van der Waals surface area contributed by atoms with Crippen LogP contribution in [0.3, 0.4) is 0 Å². The number of aromatic hydroxyl groups is 1. The summed E-state index contributed by atoms with van der Waals surface area (Å²) in [4.78, 5) is 16.1. The van der Waals surface area contributed by atoms with Crippen molar-refractivity contribution >= 4 is 28.2 Å². The molecule has 3 rings (SSSR count). The highest BCUT2D eigenvalue weighted by Gasteiger charge is 2.10. The van der Waals surface area contributed by atoms with E-state index in [4.69, 9.17) is 11.6 Å². The normalized spacial score (nSPS) is 11.2. The lowest BCUT2D eigenvalue weighted by Gasteiger charge is -2.14. The molecular weight excluding hydrogens is 424 g/mol. The highest BCUT2D eigenvalue weighted by Crippen LogP contribution is 2.27. The Balaban J connectivity index is 1.26. The quantitative estimate of drug-likeness (QED) is 0.329. The lowest BCUT2D eigenvalue weighted by molar-refractivity contribution is 0.444. The van der Waals surface area contributed by atoms with E-state index in [0.29, 0.717) is 17.3 Å². The molecule has 0 bridgehead atoms. The topological polar surface area (TPSA) is 79.2 Å². The lowest BCUT2D eigenvalue weighted by Crippen LogP contribution is -2.21. The molecule has 0 aliphatic rings. The number of benzene rings is 1. The van der Waals surface area contributed by atoms with Crippen molar-refractivity contribution in [1.29, 1.82) is 0 Å². The van der Waals surface area contributed by atoms with Crippen LogP contribution in [0.2, 0.25) is 5.02 Å². The average Bonchev–Trinajstić information content (AvgIpc) is 2.78. The molecule has 0 aliphatic heterocycles. The summed E-state index contributed by atoms with van der Waals surface area (Å²) in [7, 11) is 1.87. The Morgan fingerprint density at radius 3 is 2.56 bits per heavy atom. The highest BCUT2D eigenvalue weighted by molar-refractivity contribution is 6.35. The maximum absolute atomic E-state index is 11.7. The third kappa shape index (κ3) is 6.24. The van der Waals surface area contributed by atoms with Crippen LogP contribution in [0.1, 0.15) is 49.9 Å². The van der Waals surface area contributed by atoms with Gasteiger partial charge in [0.05, 0.1) is 16.2 Å². The smallest absolute Gasteiger partial charge is 0.223 e. The molecule has 0 amide bonds. The minimum Gasteiger partial charge on any atom is -0.503 e. The van der Waals surface area contributed by atoms with Gasteiger partial charge in [-0.3, -0.25) is 9.78 Å². The molecule has 1 aromatic carbocycles. The molecule has 6 nitrogen and oxygen atoms in total. The van der Waals surface area contributed by atoms with E-state index in [9.17, 15) is 9.90 Å². The van der Waals surface area contributed by atoms with E-state index in [1.807, 2.05) is 42.8 Å². The van der Waals surface area contributed by atoms with Crippen molar-refractivity contribution in [2.75, 3.05) is 18.4 Å². The predicted octanol–water partition coefficient (Wildman–Crippen LogP) is 5.14. The Labute approximate surface area is 194 Å². The minimum absolute atomic E-state index is 0.151. The Kier molecular flexibility index (Phi) is 8.94. The van der Waals surface area contributed by atoms with Gasteiger partial charge in [0.1, 0.15) is 0 Å². The van der Waals surface area contributed by atoms with Gasteiger partial charge >= 0.3 is 0 Å². The lowest BCUT2D eigenvalue weighted by atomic mass is 10.1. The molecule has 2 heterocycles. The summed E-state index contributed by atoms with van der Waals surface area (Å²) in [6, 6.07) is 9.33. The third-order valence-electron chi connectivity index (χ3n) is 5.89. The zero-order valence-corrected chi connectivity index (χ0v) is 19.7. The van der Waals surface area contributed by atoms with Gasteiger partial charge in [-0.25, -0.2) is 0 Å². The van der Waals surface area contributed by atoms with Gasteiger partial charge in [0.25, 0.3) is 0 Å². The molecule has 0 radical (unpaired) electrons. The Morgan fingerprint density at radius 1 is 1.06 bits per heavy atom. The number of fused-ring (bicyclic) bond motifs is 1. The molecule has 0 saturated carbocycles. The highest BCUT2D eigenvalue weighted by atomic mass is 35.5. The first kappa shape index (κ1) is 24.1. The predicted molar refractivity (Wildman–Crippen MR) is 133 cm³/mol. The van der Waals surface area contributed by atoms with E-state index in [1.54, 1.807) is 6.20 Å². The fraction of sp³-hybridized carbons (Fsp3) is 0.440. The van der Waals surface area contributed by atoms with Crippen LogP contribution in [0.4, 0.5) is 5.69 Å². The summed E-state index contributed by atoms with van der Waals surface area (Å²) in [6.07, 6.45) is 8.81. The zero-order valence-electron chi connectivity index (χ0n) is 19.0. The van der Waals surface area contributed by atoms with E-state index >= 15 is 0 Å². The molecule has 32 heavy (non-hydrogen) atoms. The van der Waals surface area contributed by atoms with Crippen molar-refractivity contribution in [2.45, 2.75) is 52.0 Å². The summed E-state index contributed by atoms with van der Waals surface area (Å²) in [5.41, 5.74) is 3.10. The summed E-state index contributed by atoms with van der Waals surface area (Å²) < 4.78 is 1.86.